The summed E-state index contributed by atoms with van der Waals surface area (Å²) >= 11 is 3.13. The molecule has 2 heterocycles. The fourth-order valence-electron chi connectivity index (χ4n) is 2.08. The lowest BCUT2D eigenvalue weighted by atomic mass is 10.1. The highest BCUT2D eigenvalue weighted by atomic mass is 32.1. The molecule has 0 aliphatic heterocycles. The van der Waals surface area contributed by atoms with Gasteiger partial charge in [-0.2, -0.15) is 0 Å². The van der Waals surface area contributed by atoms with Gasteiger partial charge in [0.05, 0.1) is 17.2 Å². The third-order valence-electron chi connectivity index (χ3n) is 3.28. The highest BCUT2D eigenvalue weighted by Gasteiger charge is 2.24. The molecule has 0 bridgehead atoms. The number of thiophene rings is 1. The maximum absolute atomic E-state index is 11.8. The van der Waals surface area contributed by atoms with E-state index in [2.05, 4.69) is 15.6 Å². The second-order valence-corrected chi connectivity index (χ2v) is 7.59. The number of amides is 2. The Hall–Kier alpha value is -1.44. The maximum Gasteiger partial charge on any atom is 0.314 e. The van der Waals surface area contributed by atoms with Gasteiger partial charge in [-0.25, -0.2) is 9.78 Å². The van der Waals surface area contributed by atoms with Gasteiger partial charge in [0, 0.05) is 22.7 Å². The van der Waals surface area contributed by atoms with Crippen molar-refractivity contribution in [2.75, 3.05) is 13.1 Å². The van der Waals surface area contributed by atoms with Crippen molar-refractivity contribution in [1.82, 2.24) is 15.6 Å². The number of aliphatic hydroxyl groups is 1. The average molecular weight is 339 g/mol. The highest BCUT2D eigenvalue weighted by molar-refractivity contribution is 7.11. The van der Waals surface area contributed by atoms with Gasteiger partial charge in [0.25, 0.3) is 0 Å². The van der Waals surface area contributed by atoms with Gasteiger partial charge in [-0.1, -0.05) is 6.07 Å². The summed E-state index contributed by atoms with van der Waals surface area (Å²) in [4.78, 5) is 18.2. The van der Waals surface area contributed by atoms with Crippen LogP contribution in [0.3, 0.4) is 0 Å². The van der Waals surface area contributed by atoms with E-state index in [1.807, 2.05) is 31.4 Å². The normalized spacial score (nSPS) is 13.6. The van der Waals surface area contributed by atoms with Gasteiger partial charge in [0.1, 0.15) is 5.60 Å². The molecule has 0 radical (unpaired) electrons. The van der Waals surface area contributed by atoms with Gasteiger partial charge in [-0.15, -0.1) is 22.7 Å². The van der Waals surface area contributed by atoms with Crippen molar-refractivity contribution in [1.29, 1.82) is 0 Å². The van der Waals surface area contributed by atoms with E-state index in [0.717, 1.165) is 22.0 Å². The Morgan fingerprint density at radius 1 is 1.41 bits per heavy atom. The van der Waals surface area contributed by atoms with E-state index >= 15 is 0 Å². The van der Waals surface area contributed by atoms with Crippen LogP contribution in [0, 0.1) is 13.8 Å². The zero-order chi connectivity index (χ0) is 16.2. The lowest BCUT2D eigenvalue weighted by molar-refractivity contribution is 0.0631. The number of aryl methyl sites for hydroxylation is 2. The molecule has 0 spiro atoms. The lowest BCUT2D eigenvalue weighted by Crippen LogP contribution is -2.43. The van der Waals surface area contributed by atoms with Crippen LogP contribution in [0.25, 0.3) is 0 Å². The molecule has 5 nitrogen and oxygen atoms in total. The van der Waals surface area contributed by atoms with Gasteiger partial charge in [-0.3, -0.25) is 0 Å². The molecule has 0 aliphatic rings. The van der Waals surface area contributed by atoms with E-state index in [9.17, 15) is 9.90 Å². The molecule has 22 heavy (non-hydrogen) atoms. The largest absolute Gasteiger partial charge is 0.383 e. The summed E-state index contributed by atoms with van der Waals surface area (Å²) in [5, 5.41) is 18.8. The maximum atomic E-state index is 11.8. The predicted molar refractivity (Wildman–Crippen MR) is 90.6 cm³/mol. The Balaban J connectivity index is 1.73. The van der Waals surface area contributed by atoms with Crippen LogP contribution in [0.5, 0.6) is 0 Å². The average Bonchev–Trinajstić information content (AvgIpc) is 3.07. The quantitative estimate of drug-likeness (QED) is 0.757. The van der Waals surface area contributed by atoms with Crippen LogP contribution >= 0.6 is 22.7 Å². The van der Waals surface area contributed by atoms with Crippen molar-refractivity contribution in [2.45, 2.75) is 32.8 Å². The number of aromatic nitrogens is 1. The number of carbonyl (C=O) groups is 1. The molecule has 1 unspecified atom stereocenters. The molecule has 2 aromatic rings. The van der Waals surface area contributed by atoms with Crippen LogP contribution in [0.2, 0.25) is 0 Å². The molecule has 0 fully saturated rings. The molecule has 1 atom stereocenters. The minimum absolute atomic E-state index is 0.179. The summed E-state index contributed by atoms with van der Waals surface area (Å²) in [6.45, 7) is 6.39. The van der Waals surface area contributed by atoms with Crippen LogP contribution in [-0.2, 0) is 12.0 Å². The molecule has 3 N–H and O–H groups in total. The summed E-state index contributed by atoms with van der Waals surface area (Å²) in [6.07, 6.45) is 0.770. The number of rotatable bonds is 6. The number of nitrogens with zero attached hydrogens (tertiary/aromatic N) is 1. The monoisotopic (exact) mass is 339 g/mol. The zero-order valence-corrected chi connectivity index (χ0v) is 14.6. The number of thiazole rings is 1. The van der Waals surface area contributed by atoms with Crippen molar-refractivity contribution >= 4 is 28.7 Å². The Bertz CT molecular complexity index is 621. The molecule has 0 saturated heterocycles. The van der Waals surface area contributed by atoms with E-state index in [0.29, 0.717) is 6.54 Å². The molecule has 7 heteroatoms. The Kier molecular flexibility index (Phi) is 5.55. The fourth-order valence-corrected chi connectivity index (χ4v) is 3.81. The summed E-state index contributed by atoms with van der Waals surface area (Å²) in [7, 11) is 0. The fraction of sp³-hybridized carbons (Fsp3) is 0.467. The van der Waals surface area contributed by atoms with E-state index in [1.165, 1.54) is 16.2 Å². The predicted octanol–water partition coefficient (Wildman–Crippen LogP) is 2.57. The van der Waals surface area contributed by atoms with Crippen LogP contribution in [0.4, 0.5) is 4.79 Å². The van der Waals surface area contributed by atoms with Crippen molar-refractivity contribution in [2.24, 2.45) is 0 Å². The van der Waals surface area contributed by atoms with Crippen molar-refractivity contribution in [3.63, 3.8) is 0 Å². The molecule has 0 aliphatic carbocycles. The number of carbonyl (C=O) groups excluding carboxylic acids is 1. The number of urea groups is 1. The second-order valence-electron chi connectivity index (χ2n) is 5.35. The first-order valence-corrected chi connectivity index (χ1v) is 8.79. The standard InChI is InChI=1S/C15H21N3O2S2/c1-10-12(22-11(2)18-10)6-7-16-14(19)17-9-15(3,20)13-5-4-8-21-13/h4-5,8,20H,6-7,9H2,1-3H3,(H2,16,17,19). The van der Waals surface area contributed by atoms with E-state index < -0.39 is 5.60 Å². The van der Waals surface area contributed by atoms with Crippen LogP contribution < -0.4 is 10.6 Å². The second kappa shape index (κ2) is 7.21. The first-order chi connectivity index (χ1) is 10.4. The van der Waals surface area contributed by atoms with Gasteiger partial charge in [0.15, 0.2) is 0 Å². The van der Waals surface area contributed by atoms with Gasteiger partial charge in [-0.05, 0) is 32.2 Å². The molecule has 2 rings (SSSR count). The molecule has 0 aromatic carbocycles. The number of hydrogen-bond acceptors (Lipinski definition) is 5. The Morgan fingerprint density at radius 2 is 2.18 bits per heavy atom. The minimum atomic E-state index is -1.04. The SMILES string of the molecule is Cc1nc(C)c(CCNC(=O)NCC(C)(O)c2cccs2)s1. The van der Waals surface area contributed by atoms with Crippen LogP contribution in [-0.4, -0.2) is 29.2 Å². The van der Waals surface area contributed by atoms with E-state index in [1.54, 1.807) is 18.3 Å². The highest BCUT2D eigenvalue weighted by Crippen LogP contribution is 2.24. The molecule has 0 saturated carbocycles. The first-order valence-electron chi connectivity index (χ1n) is 7.09. The van der Waals surface area contributed by atoms with Crippen molar-refractivity contribution in [3.8, 4) is 0 Å². The Morgan fingerprint density at radius 3 is 2.77 bits per heavy atom. The van der Waals surface area contributed by atoms with Gasteiger partial charge >= 0.3 is 6.03 Å². The Labute approximate surface area is 138 Å². The third kappa shape index (κ3) is 4.53. The molecule has 2 amide bonds. The third-order valence-corrected chi connectivity index (χ3v) is 5.54. The van der Waals surface area contributed by atoms with Crippen LogP contribution in [0.1, 0.15) is 27.4 Å². The zero-order valence-electron chi connectivity index (χ0n) is 13.0. The molecule has 120 valence electrons. The smallest absolute Gasteiger partial charge is 0.314 e. The molecular formula is C15H21N3O2S2. The lowest BCUT2D eigenvalue weighted by Gasteiger charge is -2.22. The minimum Gasteiger partial charge on any atom is -0.383 e. The van der Waals surface area contributed by atoms with E-state index in [-0.39, 0.29) is 12.6 Å². The summed E-state index contributed by atoms with van der Waals surface area (Å²) in [6, 6.07) is 3.48. The van der Waals surface area contributed by atoms with Crippen LogP contribution in [0.15, 0.2) is 17.5 Å². The van der Waals surface area contributed by atoms with Crippen molar-refractivity contribution in [3.05, 3.63) is 38.0 Å². The van der Waals surface area contributed by atoms with Crippen molar-refractivity contribution < 1.29 is 9.90 Å². The van der Waals surface area contributed by atoms with E-state index in [4.69, 9.17) is 0 Å². The summed E-state index contributed by atoms with van der Waals surface area (Å²) < 4.78 is 0. The van der Waals surface area contributed by atoms with Gasteiger partial charge in [0.2, 0.25) is 0 Å². The topological polar surface area (TPSA) is 74.2 Å². The number of nitrogens with one attached hydrogen (secondary N) is 2. The molecular weight excluding hydrogens is 318 g/mol. The summed E-state index contributed by atoms with van der Waals surface area (Å²) in [5.74, 6) is 0. The first kappa shape index (κ1) is 16.9. The molecule has 2 aromatic heterocycles. The number of hydrogen-bond donors (Lipinski definition) is 3. The van der Waals surface area contributed by atoms with Gasteiger partial charge < -0.3 is 15.7 Å². The summed E-state index contributed by atoms with van der Waals surface area (Å²) in [5.41, 5.74) is -0.0120.